The SMILES string of the molecule is COC(=O)c1ccn(CSc2nncn2N=Cc2cnn(C)c2C)n1. The number of nitrogens with zero attached hydrogens (tertiary/aromatic N) is 8. The van der Waals surface area contributed by atoms with E-state index in [1.54, 1.807) is 38.7 Å². The number of esters is 1. The summed E-state index contributed by atoms with van der Waals surface area (Å²) >= 11 is 1.39. The van der Waals surface area contributed by atoms with Crippen molar-refractivity contribution in [1.29, 1.82) is 0 Å². The molecule has 0 spiro atoms. The number of aromatic nitrogens is 7. The molecular weight excluding hydrogens is 344 g/mol. The Labute approximate surface area is 147 Å². The second-order valence-corrected chi connectivity index (χ2v) is 5.93. The van der Waals surface area contributed by atoms with Crippen LogP contribution < -0.4 is 0 Å². The first-order valence-corrected chi connectivity index (χ1v) is 8.24. The van der Waals surface area contributed by atoms with Crippen LogP contribution >= 0.6 is 11.8 Å². The maximum absolute atomic E-state index is 11.4. The zero-order chi connectivity index (χ0) is 17.8. The van der Waals surface area contributed by atoms with Gasteiger partial charge in [-0.2, -0.15) is 20.0 Å². The molecule has 0 unspecified atom stereocenters. The molecule has 3 aromatic heterocycles. The molecule has 0 radical (unpaired) electrons. The second kappa shape index (κ2) is 7.30. The van der Waals surface area contributed by atoms with Gasteiger partial charge in [0.05, 0.1) is 25.4 Å². The minimum atomic E-state index is -0.469. The van der Waals surface area contributed by atoms with Crippen molar-refractivity contribution in [3.8, 4) is 0 Å². The molecule has 3 aromatic rings. The van der Waals surface area contributed by atoms with Gasteiger partial charge in [-0.1, -0.05) is 11.8 Å². The van der Waals surface area contributed by atoms with Crippen LogP contribution in [0, 0.1) is 6.92 Å². The van der Waals surface area contributed by atoms with Crippen LogP contribution in [0.15, 0.2) is 35.0 Å². The van der Waals surface area contributed by atoms with Crippen molar-refractivity contribution in [3.05, 3.63) is 41.7 Å². The molecule has 0 N–H and O–H groups in total. The lowest BCUT2D eigenvalue weighted by Crippen LogP contribution is -2.04. The van der Waals surface area contributed by atoms with Crippen molar-refractivity contribution in [2.75, 3.05) is 7.11 Å². The van der Waals surface area contributed by atoms with Gasteiger partial charge in [0.25, 0.3) is 0 Å². The molecule has 0 bridgehead atoms. The highest BCUT2D eigenvalue weighted by atomic mass is 32.2. The quantitative estimate of drug-likeness (QED) is 0.366. The lowest BCUT2D eigenvalue weighted by atomic mass is 10.3. The van der Waals surface area contributed by atoms with E-state index in [2.05, 4.69) is 30.2 Å². The minimum Gasteiger partial charge on any atom is -0.464 e. The highest BCUT2D eigenvalue weighted by Gasteiger charge is 2.10. The van der Waals surface area contributed by atoms with Crippen LogP contribution in [0.25, 0.3) is 0 Å². The molecule has 130 valence electrons. The van der Waals surface area contributed by atoms with Gasteiger partial charge >= 0.3 is 5.97 Å². The summed E-state index contributed by atoms with van der Waals surface area (Å²) < 4.78 is 9.60. The molecule has 0 aliphatic carbocycles. The van der Waals surface area contributed by atoms with E-state index in [-0.39, 0.29) is 5.69 Å². The Bertz CT molecular complexity index is 910. The molecule has 0 aliphatic rings. The Balaban J connectivity index is 1.67. The van der Waals surface area contributed by atoms with Crippen LogP contribution in [0.5, 0.6) is 0 Å². The van der Waals surface area contributed by atoms with Crippen molar-refractivity contribution in [2.24, 2.45) is 12.1 Å². The summed E-state index contributed by atoms with van der Waals surface area (Å²) in [6.07, 6.45) is 6.67. The van der Waals surface area contributed by atoms with Crippen molar-refractivity contribution in [1.82, 2.24) is 34.4 Å². The number of aryl methyl sites for hydroxylation is 1. The highest BCUT2D eigenvalue weighted by Crippen LogP contribution is 2.17. The van der Waals surface area contributed by atoms with Gasteiger partial charge in [0.2, 0.25) is 5.16 Å². The number of hydrogen-bond donors (Lipinski definition) is 0. The van der Waals surface area contributed by atoms with Crippen molar-refractivity contribution < 1.29 is 9.53 Å². The maximum atomic E-state index is 11.4. The molecule has 0 fully saturated rings. The zero-order valence-electron chi connectivity index (χ0n) is 13.9. The van der Waals surface area contributed by atoms with Gasteiger partial charge in [0.1, 0.15) is 6.33 Å². The van der Waals surface area contributed by atoms with Gasteiger partial charge in [0.15, 0.2) is 5.69 Å². The largest absolute Gasteiger partial charge is 0.464 e. The molecule has 0 aromatic carbocycles. The topological polar surface area (TPSA) is 105 Å². The van der Waals surface area contributed by atoms with Gasteiger partial charge in [-0.3, -0.25) is 9.36 Å². The van der Waals surface area contributed by atoms with Gasteiger partial charge in [-0.15, -0.1) is 10.2 Å². The summed E-state index contributed by atoms with van der Waals surface area (Å²) in [5, 5.41) is 21.2. The lowest BCUT2D eigenvalue weighted by Gasteiger charge is -2.01. The van der Waals surface area contributed by atoms with Crippen LogP contribution in [-0.4, -0.2) is 53.7 Å². The third kappa shape index (κ3) is 3.76. The Morgan fingerprint density at radius 2 is 2.32 bits per heavy atom. The van der Waals surface area contributed by atoms with E-state index in [9.17, 15) is 4.79 Å². The molecule has 0 atom stereocenters. The minimum absolute atomic E-state index is 0.259. The van der Waals surface area contributed by atoms with Crippen LogP contribution in [-0.2, 0) is 17.7 Å². The summed E-state index contributed by atoms with van der Waals surface area (Å²) in [5.74, 6) is -0.0136. The Kier molecular flexibility index (Phi) is 4.93. The average Bonchev–Trinajstić information content (AvgIpc) is 3.33. The number of carbonyl (C=O) groups excluding carboxylic acids is 1. The van der Waals surface area contributed by atoms with Crippen LogP contribution in [0.1, 0.15) is 21.7 Å². The second-order valence-electron chi connectivity index (χ2n) is 5.02. The number of rotatable bonds is 6. The van der Waals surface area contributed by atoms with E-state index in [4.69, 9.17) is 0 Å². The number of methoxy groups -OCH3 is 1. The van der Waals surface area contributed by atoms with Crippen LogP contribution in [0.2, 0.25) is 0 Å². The van der Waals surface area contributed by atoms with E-state index < -0.39 is 5.97 Å². The standard InChI is InChI=1S/C14H16N8O2S/c1-10-11(6-16-20(10)2)7-17-22-8-15-18-14(22)25-9-21-5-4-12(19-21)13(23)24-3/h4-8H,9H2,1-3H3. The number of carbonyl (C=O) groups is 1. The van der Waals surface area contributed by atoms with Gasteiger partial charge in [-0.25, -0.2) is 4.79 Å². The average molecular weight is 360 g/mol. The maximum Gasteiger partial charge on any atom is 0.358 e. The fourth-order valence-electron chi connectivity index (χ4n) is 1.93. The predicted molar refractivity (Wildman–Crippen MR) is 90.4 cm³/mol. The van der Waals surface area contributed by atoms with Gasteiger partial charge < -0.3 is 4.74 Å². The molecule has 10 nitrogen and oxygen atoms in total. The summed E-state index contributed by atoms with van der Waals surface area (Å²) in [4.78, 5) is 11.4. The third-order valence-corrected chi connectivity index (χ3v) is 4.38. The van der Waals surface area contributed by atoms with Gasteiger partial charge in [-0.05, 0) is 13.0 Å². The smallest absolute Gasteiger partial charge is 0.358 e. The fourth-order valence-corrected chi connectivity index (χ4v) is 2.65. The third-order valence-electron chi connectivity index (χ3n) is 3.46. The lowest BCUT2D eigenvalue weighted by molar-refractivity contribution is 0.0593. The molecule has 0 saturated carbocycles. The Morgan fingerprint density at radius 1 is 1.48 bits per heavy atom. The van der Waals surface area contributed by atoms with E-state index in [0.29, 0.717) is 11.0 Å². The number of ether oxygens (including phenoxy) is 1. The molecule has 0 aliphatic heterocycles. The molecular formula is C14H16N8O2S. The first-order valence-electron chi connectivity index (χ1n) is 7.26. The van der Waals surface area contributed by atoms with Crippen LogP contribution in [0.3, 0.4) is 0 Å². The summed E-state index contributed by atoms with van der Waals surface area (Å²) in [7, 11) is 3.19. The Hall–Kier alpha value is -2.95. The van der Waals surface area contributed by atoms with Crippen molar-refractivity contribution in [2.45, 2.75) is 18.0 Å². The van der Waals surface area contributed by atoms with E-state index in [1.165, 1.54) is 25.2 Å². The summed E-state index contributed by atoms with van der Waals surface area (Å²) in [5.41, 5.74) is 2.19. The molecule has 0 saturated heterocycles. The highest BCUT2D eigenvalue weighted by molar-refractivity contribution is 7.98. The first kappa shape index (κ1) is 16.9. The molecule has 11 heteroatoms. The number of hydrogen-bond acceptors (Lipinski definition) is 8. The molecule has 0 amide bonds. The normalized spacial score (nSPS) is 11.3. The van der Waals surface area contributed by atoms with Crippen molar-refractivity contribution in [3.63, 3.8) is 0 Å². The van der Waals surface area contributed by atoms with Gasteiger partial charge in [0, 0.05) is 24.5 Å². The monoisotopic (exact) mass is 360 g/mol. The van der Waals surface area contributed by atoms with Crippen LogP contribution in [0.4, 0.5) is 0 Å². The van der Waals surface area contributed by atoms with Crippen molar-refractivity contribution >= 4 is 23.9 Å². The molecule has 25 heavy (non-hydrogen) atoms. The van der Waals surface area contributed by atoms with E-state index in [1.807, 2.05) is 14.0 Å². The molecule has 3 rings (SSSR count). The van der Waals surface area contributed by atoms with E-state index in [0.717, 1.165) is 11.3 Å². The zero-order valence-corrected chi connectivity index (χ0v) is 14.7. The Morgan fingerprint density at radius 3 is 3.04 bits per heavy atom. The number of thioether (sulfide) groups is 1. The molecule has 3 heterocycles. The predicted octanol–water partition coefficient (Wildman–Crippen LogP) is 0.935. The fraction of sp³-hybridized carbons (Fsp3) is 0.286. The summed E-state index contributed by atoms with van der Waals surface area (Å²) in [6, 6.07) is 1.60. The summed E-state index contributed by atoms with van der Waals surface area (Å²) in [6.45, 7) is 1.97. The van der Waals surface area contributed by atoms with E-state index >= 15 is 0 Å². The first-order chi connectivity index (χ1) is 12.1.